The normalized spacial score (nSPS) is 12.1. The molecule has 0 aliphatic rings. The molecular formula is C11H24N4O2. The second-order valence-electron chi connectivity index (χ2n) is 4.03. The first kappa shape index (κ1) is 15.7. The molecule has 0 saturated heterocycles. The van der Waals surface area contributed by atoms with Crippen molar-refractivity contribution in [1.82, 2.24) is 10.6 Å². The van der Waals surface area contributed by atoms with E-state index in [1.165, 1.54) is 0 Å². The summed E-state index contributed by atoms with van der Waals surface area (Å²) in [5, 5.41) is 21.6. The fourth-order valence-corrected chi connectivity index (χ4v) is 1.49. The molecule has 0 aliphatic carbocycles. The molecule has 0 radical (unpaired) electrons. The first-order valence-electron chi connectivity index (χ1n) is 6.12. The number of carboxylic acid groups (broad SMARTS) is 1. The van der Waals surface area contributed by atoms with Gasteiger partial charge in [0.2, 0.25) is 0 Å². The van der Waals surface area contributed by atoms with Gasteiger partial charge in [0.05, 0.1) is 0 Å². The van der Waals surface area contributed by atoms with Crippen LogP contribution in [0.1, 0.15) is 39.0 Å². The van der Waals surface area contributed by atoms with Gasteiger partial charge >= 0.3 is 5.97 Å². The molecule has 6 N–H and O–H groups in total. The summed E-state index contributed by atoms with van der Waals surface area (Å²) in [6.45, 7) is 3.39. The summed E-state index contributed by atoms with van der Waals surface area (Å²) in [7, 11) is 0. The zero-order valence-corrected chi connectivity index (χ0v) is 10.5. The van der Waals surface area contributed by atoms with Crippen LogP contribution in [0, 0.1) is 5.41 Å². The highest BCUT2D eigenvalue weighted by Crippen LogP contribution is 1.99. The third kappa shape index (κ3) is 9.62. The van der Waals surface area contributed by atoms with Gasteiger partial charge in [-0.2, -0.15) is 0 Å². The molecule has 1 atom stereocenters. The van der Waals surface area contributed by atoms with Gasteiger partial charge in [-0.3, -0.25) is 10.2 Å². The van der Waals surface area contributed by atoms with Gasteiger partial charge in [0.25, 0.3) is 0 Å². The van der Waals surface area contributed by atoms with Crippen LogP contribution in [-0.4, -0.2) is 36.2 Å². The zero-order chi connectivity index (χ0) is 13.1. The predicted molar refractivity (Wildman–Crippen MR) is 68.1 cm³/mol. The third-order valence-corrected chi connectivity index (χ3v) is 2.45. The Morgan fingerprint density at radius 1 is 1.35 bits per heavy atom. The van der Waals surface area contributed by atoms with Gasteiger partial charge in [-0.15, -0.1) is 0 Å². The maximum Gasteiger partial charge on any atom is 0.320 e. The summed E-state index contributed by atoms with van der Waals surface area (Å²) < 4.78 is 0. The number of hydrogen-bond donors (Lipinski definition) is 5. The lowest BCUT2D eigenvalue weighted by atomic mass is 10.1. The van der Waals surface area contributed by atoms with E-state index in [9.17, 15) is 4.79 Å². The monoisotopic (exact) mass is 244 g/mol. The van der Waals surface area contributed by atoms with E-state index < -0.39 is 12.0 Å². The molecule has 0 aromatic heterocycles. The Hall–Kier alpha value is -1.30. The smallest absolute Gasteiger partial charge is 0.320 e. The highest BCUT2D eigenvalue weighted by molar-refractivity contribution is 5.74. The molecule has 6 nitrogen and oxygen atoms in total. The molecule has 0 spiro atoms. The number of nitrogens with one attached hydrogen (secondary N) is 3. The average Bonchev–Trinajstić information content (AvgIpc) is 2.26. The van der Waals surface area contributed by atoms with Crippen molar-refractivity contribution in [1.29, 1.82) is 5.41 Å². The molecule has 0 aromatic carbocycles. The highest BCUT2D eigenvalue weighted by atomic mass is 16.4. The van der Waals surface area contributed by atoms with Crippen molar-refractivity contribution >= 4 is 11.9 Å². The van der Waals surface area contributed by atoms with Crippen LogP contribution in [0.15, 0.2) is 0 Å². The Balaban J connectivity index is 3.67. The topological polar surface area (TPSA) is 111 Å². The Morgan fingerprint density at radius 2 is 2.06 bits per heavy atom. The van der Waals surface area contributed by atoms with Gasteiger partial charge in [-0.25, -0.2) is 0 Å². The van der Waals surface area contributed by atoms with E-state index >= 15 is 0 Å². The first-order chi connectivity index (χ1) is 8.07. The first-order valence-corrected chi connectivity index (χ1v) is 6.12. The van der Waals surface area contributed by atoms with E-state index in [-0.39, 0.29) is 5.96 Å². The van der Waals surface area contributed by atoms with Crippen molar-refractivity contribution in [3.05, 3.63) is 0 Å². The van der Waals surface area contributed by atoms with E-state index in [1.807, 2.05) is 0 Å². The van der Waals surface area contributed by atoms with Gasteiger partial charge in [0, 0.05) is 6.54 Å². The van der Waals surface area contributed by atoms with Crippen molar-refractivity contribution < 1.29 is 9.90 Å². The quantitative estimate of drug-likeness (QED) is 0.218. The molecule has 0 aliphatic heterocycles. The van der Waals surface area contributed by atoms with Crippen molar-refractivity contribution in [2.24, 2.45) is 5.73 Å². The maximum absolute atomic E-state index is 10.9. The maximum atomic E-state index is 10.9. The van der Waals surface area contributed by atoms with Crippen LogP contribution in [0.3, 0.4) is 0 Å². The Labute approximate surface area is 102 Å². The summed E-state index contributed by atoms with van der Waals surface area (Å²) in [5.41, 5.74) is 5.12. The number of hydrogen-bond acceptors (Lipinski definition) is 3. The van der Waals surface area contributed by atoms with E-state index in [4.69, 9.17) is 16.2 Å². The van der Waals surface area contributed by atoms with E-state index in [0.717, 1.165) is 25.8 Å². The van der Waals surface area contributed by atoms with Gasteiger partial charge < -0.3 is 21.5 Å². The van der Waals surface area contributed by atoms with Gasteiger partial charge in [-0.05, 0) is 25.8 Å². The van der Waals surface area contributed by atoms with Crippen LogP contribution in [0.5, 0.6) is 0 Å². The second kappa shape index (κ2) is 9.89. The van der Waals surface area contributed by atoms with Crippen molar-refractivity contribution in [3.63, 3.8) is 0 Å². The number of unbranched alkanes of at least 4 members (excludes halogenated alkanes) is 2. The fourth-order valence-electron chi connectivity index (χ4n) is 1.49. The highest BCUT2D eigenvalue weighted by Gasteiger charge is 2.15. The lowest BCUT2D eigenvalue weighted by molar-refractivity contribution is -0.139. The minimum absolute atomic E-state index is 0.0761. The number of aliphatic carboxylic acids is 1. The number of nitrogens with two attached hydrogens (primary N) is 1. The Morgan fingerprint density at radius 3 is 2.59 bits per heavy atom. The molecule has 1 unspecified atom stereocenters. The number of carbonyl (C=O) groups is 1. The minimum Gasteiger partial charge on any atom is -0.480 e. The molecule has 0 bridgehead atoms. The summed E-state index contributed by atoms with van der Waals surface area (Å²) in [4.78, 5) is 10.9. The van der Waals surface area contributed by atoms with E-state index in [2.05, 4.69) is 17.6 Å². The molecule has 0 fully saturated rings. The molecule has 0 amide bonds. The van der Waals surface area contributed by atoms with Gasteiger partial charge in [-0.1, -0.05) is 19.8 Å². The summed E-state index contributed by atoms with van der Waals surface area (Å²) in [6, 6.07) is -0.499. The Kier molecular flexibility index (Phi) is 9.14. The van der Waals surface area contributed by atoms with Gasteiger partial charge in [0.15, 0.2) is 5.96 Å². The molecule has 0 heterocycles. The van der Waals surface area contributed by atoms with Crippen molar-refractivity contribution in [2.45, 2.75) is 45.1 Å². The van der Waals surface area contributed by atoms with Gasteiger partial charge in [0.1, 0.15) is 6.04 Å². The summed E-state index contributed by atoms with van der Waals surface area (Å²) >= 11 is 0. The largest absolute Gasteiger partial charge is 0.480 e. The van der Waals surface area contributed by atoms with Crippen LogP contribution in [0.25, 0.3) is 0 Å². The second-order valence-corrected chi connectivity index (χ2v) is 4.03. The van der Waals surface area contributed by atoms with Crippen molar-refractivity contribution in [2.75, 3.05) is 13.1 Å². The molecule has 0 aromatic rings. The Bertz CT molecular complexity index is 234. The number of guanidine groups is 1. The number of rotatable bonds is 10. The minimum atomic E-state index is -0.815. The van der Waals surface area contributed by atoms with Crippen molar-refractivity contribution in [3.8, 4) is 0 Å². The molecular weight excluding hydrogens is 220 g/mol. The summed E-state index contributed by atoms with van der Waals surface area (Å²) in [6.07, 6.45) is 4.47. The summed E-state index contributed by atoms with van der Waals surface area (Å²) in [5.74, 6) is -0.892. The predicted octanol–water partition coefficient (Wildman–Crippen LogP) is 0.483. The number of carboxylic acids is 1. The average molecular weight is 244 g/mol. The van der Waals surface area contributed by atoms with Crippen LogP contribution in [-0.2, 0) is 4.79 Å². The zero-order valence-electron chi connectivity index (χ0n) is 10.5. The molecule has 6 heteroatoms. The molecule has 100 valence electrons. The molecule has 0 saturated carbocycles. The third-order valence-electron chi connectivity index (χ3n) is 2.45. The van der Waals surface area contributed by atoms with Crippen LogP contribution < -0.4 is 16.4 Å². The van der Waals surface area contributed by atoms with E-state index in [0.29, 0.717) is 19.4 Å². The van der Waals surface area contributed by atoms with Crippen LogP contribution in [0.4, 0.5) is 0 Å². The lowest BCUT2D eigenvalue weighted by Gasteiger charge is -2.14. The van der Waals surface area contributed by atoms with Crippen LogP contribution >= 0.6 is 0 Å². The standard InChI is InChI=1S/C11H24N4O2/c1-2-3-4-7-14-9(10(16)17)6-5-8-15-11(12)13/h9,14H,2-8H2,1H3,(H,16,17)(H4,12,13,15). The fraction of sp³-hybridized carbons (Fsp3) is 0.818. The lowest BCUT2D eigenvalue weighted by Crippen LogP contribution is -2.38. The van der Waals surface area contributed by atoms with E-state index in [1.54, 1.807) is 0 Å². The SMILES string of the molecule is CCCCCNC(CCCNC(=N)N)C(=O)O. The molecule has 0 rings (SSSR count). The van der Waals surface area contributed by atoms with Crippen LogP contribution in [0.2, 0.25) is 0 Å². The molecule has 17 heavy (non-hydrogen) atoms.